The van der Waals surface area contributed by atoms with Crippen LogP contribution in [0.4, 0.5) is 13.2 Å². The molecule has 0 aromatic rings. The van der Waals surface area contributed by atoms with Crippen molar-refractivity contribution in [3.05, 3.63) is 11.6 Å². The Labute approximate surface area is 68.1 Å². The molecule has 0 atom stereocenters. The Morgan fingerprint density at radius 3 is 1.83 bits per heavy atom. The number of allylic oxidation sites excluding steroid dienone is 2. The highest BCUT2D eigenvalue weighted by Crippen LogP contribution is 2.17. The highest BCUT2D eigenvalue weighted by molar-refractivity contribution is 6.05. The third-order valence-electron chi connectivity index (χ3n) is 1.26. The fraction of sp³-hybridized carbons (Fsp3) is 0.429. The normalized spacial score (nSPS) is 12.9. The molecule has 0 aliphatic rings. The number of alkyl halides is 3. The van der Waals surface area contributed by atoms with Crippen LogP contribution in [0.1, 0.15) is 13.8 Å². The molecule has 0 unspecified atom stereocenters. The first-order valence-corrected chi connectivity index (χ1v) is 3.14. The van der Waals surface area contributed by atoms with Crippen molar-refractivity contribution in [3.63, 3.8) is 0 Å². The van der Waals surface area contributed by atoms with Gasteiger partial charge in [-0.15, -0.1) is 0 Å². The Balaban J connectivity index is 4.57. The van der Waals surface area contributed by atoms with Gasteiger partial charge in [0, 0.05) is 5.71 Å². The van der Waals surface area contributed by atoms with Crippen LogP contribution in [0.2, 0.25) is 0 Å². The van der Waals surface area contributed by atoms with E-state index in [4.69, 9.17) is 10.8 Å². The van der Waals surface area contributed by atoms with E-state index in [1.807, 2.05) is 0 Å². The van der Waals surface area contributed by atoms with Crippen LogP contribution in [0, 0.1) is 10.8 Å². The number of rotatable bonds is 2. The van der Waals surface area contributed by atoms with Gasteiger partial charge in [0.15, 0.2) is 0 Å². The molecule has 0 bridgehead atoms. The first-order chi connectivity index (χ1) is 5.25. The lowest BCUT2D eigenvalue weighted by Crippen LogP contribution is -2.20. The van der Waals surface area contributed by atoms with Gasteiger partial charge in [0.25, 0.3) is 0 Å². The maximum absolute atomic E-state index is 11.7. The number of nitrogens with one attached hydrogen (secondary N) is 2. The van der Waals surface area contributed by atoms with E-state index in [2.05, 4.69) is 0 Å². The van der Waals surface area contributed by atoms with Gasteiger partial charge >= 0.3 is 6.18 Å². The molecule has 0 saturated carbocycles. The molecule has 2 nitrogen and oxygen atoms in total. The summed E-state index contributed by atoms with van der Waals surface area (Å²) in [6.07, 6.45) is -3.97. The van der Waals surface area contributed by atoms with Crippen molar-refractivity contribution in [2.75, 3.05) is 0 Å². The molecule has 0 aliphatic carbocycles. The second-order valence-corrected chi connectivity index (χ2v) is 2.36. The Morgan fingerprint density at radius 1 is 1.17 bits per heavy atom. The summed E-state index contributed by atoms with van der Waals surface area (Å²) < 4.78 is 35.2. The van der Waals surface area contributed by atoms with E-state index in [9.17, 15) is 13.2 Å². The van der Waals surface area contributed by atoms with E-state index in [-0.39, 0.29) is 11.3 Å². The molecule has 12 heavy (non-hydrogen) atoms. The fourth-order valence-corrected chi connectivity index (χ4v) is 0.407. The highest BCUT2D eigenvalue weighted by Gasteiger charge is 2.32. The van der Waals surface area contributed by atoms with Crippen molar-refractivity contribution >= 4 is 11.4 Å². The van der Waals surface area contributed by atoms with Crippen molar-refractivity contribution < 1.29 is 13.2 Å². The summed E-state index contributed by atoms with van der Waals surface area (Å²) >= 11 is 0. The first-order valence-electron chi connectivity index (χ1n) is 3.14. The molecule has 0 aromatic carbocycles. The lowest BCUT2D eigenvalue weighted by molar-refractivity contribution is -0.0584. The van der Waals surface area contributed by atoms with Gasteiger partial charge < -0.3 is 5.41 Å². The zero-order chi connectivity index (χ0) is 9.94. The summed E-state index contributed by atoms with van der Waals surface area (Å²) in [5, 5.41) is 13.5. The zero-order valence-electron chi connectivity index (χ0n) is 6.71. The van der Waals surface area contributed by atoms with Gasteiger partial charge in [0.1, 0.15) is 5.71 Å². The third-order valence-corrected chi connectivity index (χ3v) is 1.26. The molecule has 0 heterocycles. The average Bonchev–Trinajstić information content (AvgIpc) is 1.85. The second kappa shape index (κ2) is 3.51. The van der Waals surface area contributed by atoms with Crippen LogP contribution in [0.25, 0.3) is 0 Å². The van der Waals surface area contributed by atoms with Crippen LogP contribution >= 0.6 is 0 Å². The molecule has 68 valence electrons. The van der Waals surface area contributed by atoms with Crippen molar-refractivity contribution in [1.29, 1.82) is 10.8 Å². The van der Waals surface area contributed by atoms with E-state index in [1.165, 1.54) is 13.8 Å². The van der Waals surface area contributed by atoms with Gasteiger partial charge in [-0.25, -0.2) is 0 Å². The fourth-order valence-electron chi connectivity index (χ4n) is 0.407. The summed E-state index contributed by atoms with van der Waals surface area (Å²) in [5.41, 5.74) is -1.24. The van der Waals surface area contributed by atoms with E-state index in [0.717, 1.165) is 0 Å². The van der Waals surface area contributed by atoms with Gasteiger partial charge in [0.05, 0.1) is 0 Å². The third kappa shape index (κ3) is 3.32. The lowest BCUT2D eigenvalue weighted by Gasteiger charge is -2.04. The zero-order valence-corrected chi connectivity index (χ0v) is 6.71. The molecular weight excluding hydrogens is 169 g/mol. The molecule has 5 heteroatoms. The molecule has 0 fully saturated rings. The molecule has 0 radical (unpaired) electrons. The summed E-state index contributed by atoms with van der Waals surface area (Å²) in [6.45, 7) is 2.73. The first kappa shape index (κ1) is 10.9. The maximum Gasteiger partial charge on any atom is 0.432 e. The van der Waals surface area contributed by atoms with Gasteiger partial charge in [0.2, 0.25) is 0 Å². The predicted octanol–water partition coefficient (Wildman–Crippen LogP) is 2.55. The van der Waals surface area contributed by atoms with Crippen molar-refractivity contribution in [2.24, 2.45) is 0 Å². The highest BCUT2D eigenvalue weighted by atomic mass is 19.4. The molecule has 0 amide bonds. The van der Waals surface area contributed by atoms with Gasteiger partial charge in [-0.3, -0.25) is 5.41 Å². The van der Waals surface area contributed by atoms with Gasteiger partial charge in [-0.05, 0) is 25.5 Å². The minimum Gasteiger partial charge on any atom is -0.305 e. The molecule has 0 saturated heterocycles. The maximum atomic E-state index is 11.7. The second-order valence-electron chi connectivity index (χ2n) is 2.36. The van der Waals surface area contributed by atoms with Gasteiger partial charge in [-0.2, -0.15) is 13.2 Å². The van der Waals surface area contributed by atoms with Crippen LogP contribution < -0.4 is 0 Å². The van der Waals surface area contributed by atoms with E-state index < -0.39 is 11.9 Å². The Bertz CT molecular complexity index is 238. The van der Waals surface area contributed by atoms with Crippen LogP contribution in [0.3, 0.4) is 0 Å². The summed E-state index contributed by atoms with van der Waals surface area (Å²) in [4.78, 5) is 0. The largest absolute Gasteiger partial charge is 0.432 e. The van der Waals surface area contributed by atoms with Crippen LogP contribution in [-0.2, 0) is 0 Å². The molecule has 0 aliphatic heterocycles. The SMILES string of the molecule is CC(=N)/C(C)=C\C(=N)C(F)(F)F. The predicted molar refractivity (Wildman–Crippen MR) is 40.9 cm³/mol. The molecule has 0 rings (SSSR count). The summed E-state index contributed by atoms with van der Waals surface area (Å²) in [5.74, 6) is 0. The minimum absolute atomic E-state index is 0.0315. The van der Waals surface area contributed by atoms with Crippen LogP contribution in [0.15, 0.2) is 11.6 Å². The number of halogens is 3. The quantitative estimate of drug-likeness (QED) is 0.610. The molecular formula is C7H9F3N2. The van der Waals surface area contributed by atoms with Crippen molar-refractivity contribution in [1.82, 2.24) is 0 Å². The van der Waals surface area contributed by atoms with E-state index in [0.29, 0.717) is 6.08 Å². The number of hydrogen-bond acceptors (Lipinski definition) is 2. The minimum atomic E-state index is -4.61. The van der Waals surface area contributed by atoms with Gasteiger partial charge in [-0.1, -0.05) is 0 Å². The summed E-state index contributed by atoms with van der Waals surface area (Å²) in [6, 6.07) is 0. The molecule has 2 N–H and O–H groups in total. The van der Waals surface area contributed by atoms with E-state index >= 15 is 0 Å². The summed E-state index contributed by atoms with van der Waals surface area (Å²) in [7, 11) is 0. The monoisotopic (exact) mass is 178 g/mol. The Hall–Kier alpha value is -1.13. The van der Waals surface area contributed by atoms with Crippen LogP contribution in [-0.4, -0.2) is 17.6 Å². The van der Waals surface area contributed by atoms with E-state index in [1.54, 1.807) is 0 Å². The molecule has 0 aromatic heterocycles. The van der Waals surface area contributed by atoms with Crippen LogP contribution in [0.5, 0.6) is 0 Å². The molecule has 0 spiro atoms. The topological polar surface area (TPSA) is 47.7 Å². The smallest absolute Gasteiger partial charge is 0.305 e. The lowest BCUT2D eigenvalue weighted by atomic mass is 10.1. The van der Waals surface area contributed by atoms with Crippen molar-refractivity contribution in [2.45, 2.75) is 20.0 Å². The number of hydrogen-bond donors (Lipinski definition) is 2. The van der Waals surface area contributed by atoms with Crippen molar-refractivity contribution in [3.8, 4) is 0 Å². The standard InChI is InChI=1S/C7H9F3N2/c1-4(5(2)11)3-6(12)7(8,9)10/h3,11-12H,1-2H3/b4-3-,11-5?,12-6?. The Kier molecular flexibility index (Phi) is 3.18. The average molecular weight is 178 g/mol. The Morgan fingerprint density at radius 2 is 1.58 bits per heavy atom.